The molecule has 0 atom stereocenters. The van der Waals surface area contributed by atoms with Crippen molar-refractivity contribution in [3.63, 3.8) is 0 Å². The number of aryl methyl sites for hydroxylation is 1. The molecule has 1 fully saturated rings. The van der Waals surface area contributed by atoms with Crippen LogP contribution in [0.1, 0.15) is 24.5 Å². The van der Waals surface area contributed by atoms with E-state index in [-0.39, 0.29) is 0 Å². The van der Waals surface area contributed by atoms with Crippen LogP contribution in [0, 0.1) is 6.92 Å². The van der Waals surface area contributed by atoms with Gasteiger partial charge in [0.2, 0.25) is 0 Å². The Kier molecular flexibility index (Phi) is 5.02. The monoisotopic (exact) mass is 248 g/mol. The molecular weight excluding hydrogens is 224 g/mol. The number of hydrogen-bond donors (Lipinski definition) is 1. The largest absolute Gasteiger partial charge is 0.493 e. The predicted molar refractivity (Wildman–Crippen MR) is 75.1 cm³/mol. The van der Waals surface area contributed by atoms with Gasteiger partial charge in [0.05, 0.1) is 6.61 Å². The van der Waals surface area contributed by atoms with E-state index in [1.807, 2.05) is 0 Å². The molecule has 0 unspecified atom stereocenters. The van der Waals surface area contributed by atoms with Crippen LogP contribution in [-0.2, 0) is 6.54 Å². The number of rotatable bonds is 5. The molecule has 1 N–H and O–H groups in total. The van der Waals surface area contributed by atoms with E-state index in [4.69, 9.17) is 4.74 Å². The number of hydrogen-bond acceptors (Lipinski definition) is 3. The van der Waals surface area contributed by atoms with Crippen molar-refractivity contribution in [3.8, 4) is 5.75 Å². The van der Waals surface area contributed by atoms with E-state index in [1.54, 1.807) is 0 Å². The third-order valence-electron chi connectivity index (χ3n) is 3.28. The first-order valence-electron chi connectivity index (χ1n) is 6.95. The maximum absolute atomic E-state index is 5.84. The van der Waals surface area contributed by atoms with Gasteiger partial charge in [-0.15, -0.1) is 0 Å². The first-order valence-corrected chi connectivity index (χ1v) is 6.95. The Labute approximate surface area is 110 Å². The molecule has 2 rings (SSSR count). The van der Waals surface area contributed by atoms with Gasteiger partial charge >= 0.3 is 0 Å². The van der Waals surface area contributed by atoms with E-state index >= 15 is 0 Å². The summed E-state index contributed by atoms with van der Waals surface area (Å²) >= 11 is 0. The number of nitrogens with one attached hydrogen (secondary N) is 1. The van der Waals surface area contributed by atoms with E-state index in [1.165, 1.54) is 11.1 Å². The minimum atomic E-state index is 0.803. The number of nitrogens with zero attached hydrogens (tertiary/aromatic N) is 1. The second-order valence-corrected chi connectivity index (χ2v) is 4.99. The molecule has 1 saturated heterocycles. The molecular formula is C15H24N2O. The minimum Gasteiger partial charge on any atom is -0.493 e. The molecule has 100 valence electrons. The second kappa shape index (κ2) is 6.76. The van der Waals surface area contributed by atoms with Crippen LogP contribution in [0.15, 0.2) is 18.2 Å². The Balaban J connectivity index is 2.05. The Morgan fingerprint density at radius 1 is 1.28 bits per heavy atom. The first-order chi connectivity index (χ1) is 8.79. The van der Waals surface area contributed by atoms with Crippen molar-refractivity contribution in [2.24, 2.45) is 0 Å². The summed E-state index contributed by atoms with van der Waals surface area (Å²) in [7, 11) is 0. The average Bonchev–Trinajstić information content (AvgIpc) is 2.39. The molecule has 1 aliphatic rings. The summed E-state index contributed by atoms with van der Waals surface area (Å²) in [5, 5.41) is 3.39. The van der Waals surface area contributed by atoms with Gasteiger partial charge in [-0.2, -0.15) is 0 Å². The number of benzene rings is 1. The lowest BCUT2D eigenvalue weighted by Gasteiger charge is -2.28. The summed E-state index contributed by atoms with van der Waals surface area (Å²) in [5.74, 6) is 1.06. The molecule has 18 heavy (non-hydrogen) atoms. The van der Waals surface area contributed by atoms with E-state index in [0.717, 1.165) is 51.5 Å². The van der Waals surface area contributed by atoms with Crippen molar-refractivity contribution in [2.75, 3.05) is 32.8 Å². The molecule has 0 saturated carbocycles. The molecule has 0 spiro atoms. The standard InChI is InChI=1S/C15H24N2O/c1-3-10-18-15-5-4-13(2)11-14(15)12-17-8-6-16-7-9-17/h4-5,11,16H,3,6-10,12H2,1-2H3. The summed E-state index contributed by atoms with van der Waals surface area (Å²) in [5.41, 5.74) is 2.63. The Hall–Kier alpha value is -1.06. The van der Waals surface area contributed by atoms with E-state index in [0.29, 0.717) is 0 Å². The Bertz CT molecular complexity index is 373. The summed E-state index contributed by atoms with van der Waals surface area (Å²) in [4.78, 5) is 2.49. The topological polar surface area (TPSA) is 24.5 Å². The molecule has 1 aromatic carbocycles. The highest BCUT2D eigenvalue weighted by Crippen LogP contribution is 2.22. The van der Waals surface area contributed by atoms with E-state index in [9.17, 15) is 0 Å². The lowest BCUT2D eigenvalue weighted by atomic mass is 10.1. The van der Waals surface area contributed by atoms with E-state index < -0.39 is 0 Å². The highest BCUT2D eigenvalue weighted by Gasteiger charge is 2.12. The van der Waals surface area contributed by atoms with Gasteiger partial charge in [0, 0.05) is 38.3 Å². The third kappa shape index (κ3) is 3.72. The van der Waals surface area contributed by atoms with Gasteiger partial charge in [0.15, 0.2) is 0 Å². The summed E-state index contributed by atoms with van der Waals surface area (Å²) in [6.45, 7) is 10.5. The van der Waals surface area contributed by atoms with Crippen molar-refractivity contribution in [1.82, 2.24) is 10.2 Å². The summed E-state index contributed by atoms with van der Waals surface area (Å²) in [6.07, 6.45) is 1.06. The van der Waals surface area contributed by atoms with Crippen LogP contribution in [0.25, 0.3) is 0 Å². The van der Waals surface area contributed by atoms with E-state index in [2.05, 4.69) is 42.3 Å². The van der Waals surface area contributed by atoms with Gasteiger partial charge in [-0.05, 0) is 19.4 Å². The molecule has 0 amide bonds. The molecule has 1 aliphatic heterocycles. The van der Waals surface area contributed by atoms with Crippen LogP contribution in [0.4, 0.5) is 0 Å². The zero-order valence-electron chi connectivity index (χ0n) is 11.5. The van der Waals surface area contributed by atoms with Gasteiger partial charge in [-0.3, -0.25) is 4.90 Å². The quantitative estimate of drug-likeness (QED) is 0.864. The number of ether oxygens (including phenoxy) is 1. The fraction of sp³-hybridized carbons (Fsp3) is 0.600. The van der Waals surface area contributed by atoms with Gasteiger partial charge in [0.1, 0.15) is 5.75 Å². The molecule has 0 aromatic heterocycles. The van der Waals surface area contributed by atoms with Crippen LogP contribution in [0.3, 0.4) is 0 Å². The SMILES string of the molecule is CCCOc1ccc(C)cc1CN1CCNCC1. The summed E-state index contributed by atoms with van der Waals surface area (Å²) < 4.78 is 5.84. The molecule has 0 radical (unpaired) electrons. The molecule has 0 aliphatic carbocycles. The van der Waals surface area contributed by atoms with Crippen molar-refractivity contribution < 1.29 is 4.74 Å². The third-order valence-corrected chi connectivity index (χ3v) is 3.28. The van der Waals surface area contributed by atoms with Gasteiger partial charge in [-0.25, -0.2) is 0 Å². The maximum Gasteiger partial charge on any atom is 0.123 e. The van der Waals surface area contributed by atoms with Crippen molar-refractivity contribution in [2.45, 2.75) is 26.8 Å². The fourth-order valence-corrected chi connectivity index (χ4v) is 2.29. The molecule has 3 nitrogen and oxygen atoms in total. The van der Waals surface area contributed by atoms with Gasteiger partial charge in [-0.1, -0.05) is 24.6 Å². The van der Waals surface area contributed by atoms with Crippen LogP contribution in [0.2, 0.25) is 0 Å². The lowest BCUT2D eigenvalue weighted by molar-refractivity contribution is 0.227. The zero-order chi connectivity index (χ0) is 12.8. The highest BCUT2D eigenvalue weighted by molar-refractivity contribution is 5.36. The summed E-state index contributed by atoms with van der Waals surface area (Å²) in [6, 6.07) is 6.50. The van der Waals surface area contributed by atoms with Crippen molar-refractivity contribution in [3.05, 3.63) is 29.3 Å². The lowest BCUT2D eigenvalue weighted by Crippen LogP contribution is -2.42. The molecule has 0 bridgehead atoms. The maximum atomic E-state index is 5.84. The smallest absolute Gasteiger partial charge is 0.123 e. The predicted octanol–water partition coefficient (Wildman–Crippen LogP) is 2.19. The first kappa shape index (κ1) is 13.4. The normalized spacial score (nSPS) is 16.8. The van der Waals surface area contributed by atoms with Crippen LogP contribution >= 0.6 is 0 Å². The van der Waals surface area contributed by atoms with Crippen LogP contribution < -0.4 is 10.1 Å². The van der Waals surface area contributed by atoms with Crippen molar-refractivity contribution in [1.29, 1.82) is 0 Å². The van der Waals surface area contributed by atoms with Gasteiger partial charge in [0.25, 0.3) is 0 Å². The van der Waals surface area contributed by atoms with Crippen LogP contribution in [-0.4, -0.2) is 37.7 Å². The highest BCUT2D eigenvalue weighted by atomic mass is 16.5. The number of piperazine rings is 1. The Morgan fingerprint density at radius 3 is 2.78 bits per heavy atom. The fourth-order valence-electron chi connectivity index (χ4n) is 2.29. The molecule has 3 heteroatoms. The molecule has 1 aromatic rings. The molecule has 1 heterocycles. The Morgan fingerprint density at radius 2 is 2.06 bits per heavy atom. The second-order valence-electron chi connectivity index (χ2n) is 4.99. The zero-order valence-corrected chi connectivity index (χ0v) is 11.5. The van der Waals surface area contributed by atoms with Crippen molar-refractivity contribution >= 4 is 0 Å². The van der Waals surface area contributed by atoms with Crippen LogP contribution in [0.5, 0.6) is 5.75 Å². The average molecular weight is 248 g/mol. The van der Waals surface area contributed by atoms with Gasteiger partial charge < -0.3 is 10.1 Å². The minimum absolute atomic E-state index is 0.803.